The third-order valence-electron chi connectivity index (χ3n) is 11.9. The van der Waals surface area contributed by atoms with E-state index in [1.165, 1.54) is 0 Å². The van der Waals surface area contributed by atoms with Gasteiger partial charge in [0.05, 0.1) is 46.5 Å². The Bertz CT molecular complexity index is 2390. The zero-order valence-electron chi connectivity index (χ0n) is 38.3. The Balaban J connectivity index is 0.000000239. The minimum absolute atomic E-state index is 0. The van der Waals surface area contributed by atoms with Crippen LogP contribution in [0.3, 0.4) is 0 Å². The second kappa shape index (κ2) is 27.6. The number of halogens is 6. The van der Waals surface area contributed by atoms with Crippen LogP contribution in [0.4, 0.5) is 0 Å². The molecule has 0 spiro atoms. The van der Waals surface area contributed by atoms with Crippen molar-refractivity contribution in [3.05, 3.63) is 209 Å². The van der Waals surface area contributed by atoms with Crippen LogP contribution in [0.2, 0.25) is 30.1 Å². The van der Waals surface area contributed by atoms with E-state index in [0.717, 1.165) is 72.4 Å². The topological polar surface area (TPSA) is 52.2 Å². The highest BCUT2D eigenvalue weighted by molar-refractivity contribution is 6.92. The average Bonchev–Trinajstić information content (AvgIpc) is 3.35. The van der Waals surface area contributed by atoms with E-state index in [0.29, 0.717) is 63.1 Å². The minimum atomic E-state index is -0.595. The van der Waals surface area contributed by atoms with Crippen molar-refractivity contribution in [1.82, 2.24) is 10.2 Å². The molecule has 67 heavy (non-hydrogen) atoms. The lowest BCUT2D eigenvalue weighted by Gasteiger charge is -2.47. The molecule has 0 bridgehead atoms. The first-order valence-corrected chi connectivity index (χ1v) is 24.8. The fraction of sp³-hybridized carbons (Fsp3) is 0.333. The van der Waals surface area contributed by atoms with Crippen molar-refractivity contribution in [2.45, 2.75) is 83.5 Å². The highest BCUT2D eigenvalue weighted by Crippen LogP contribution is 2.42. The Labute approximate surface area is 431 Å². The molecule has 0 amide bonds. The molecule has 1 unspecified atom stereocenters. The molecule has 0 radical (unpaired) electrons. The number of likely N-dealkylation sites (tertiary alicyclic amines) is 1. The summed E-state index contributed by atoms with van der Waals surface area (Å²) in [5.74, 6) is 0. The lowest BCUT2D eigenvalue weighted by Crippen LogP contribution is -2.55. The number of hydrogen-bond acceptors (Lipinski definition) is 6. The van der Waals surface area contributed by atoms with Crippen molar-refractivity contribution in [1.29, 1.82) is 0 Å². The lowest BCUT2D eigenvalue weighted by molar-refractivity contribution is -0.193. The van der Waals surface area contributed by atoms with Gasteiger partial charge in [-0.1, -0.05) is 187 Å². The van der Waals surface area contributed by atoms with Gasteiger partial charge in [-0.3, -0.25) is 0 Å². The minimum Gasteiger partial charge on any atom is -0.369 e. The second-order valence-corrected chi connectivity index (χ2v) is 18.5. The summed E-state index contributed by atoms with van der Waals surface area (Å²) in [6.07, 6.45) is 1.24. The number of benzene rings is 6. The molecule has 2 fully saturated rings. The molecule has 6 nitrogen and oxygen atoms in total. The SMILES string of the molecule is CC.CCN1CC[C@@](OCc2ccccc2)(c2ccc(Cl)cc2)[C@H](OCc2ccc(Cl)c(Cl)c2)C1.Clc1ccc([C@]2(OCc3ccccc3)CCNC[C@H]2OCc2ccc(Cl)c(Cl)c2)cc1.P. The highest BCUT2D eigenvalue weighted by Gasteiger charge is 2.47. The molecule has 0 aliphatic carbocycles. The van der Waals surface area contributed by atoms with Crippen LogP contribution in [0.5, 0.6) is 0 Å². The highest BCUT2D eigenvalue weighted by atomic mass is 35.5. The number of hydrogen-bond donors (Lipinski definition) is 1. The van der Waals surface area contributed by atoms with E-state index in [9.17, 15) is 0 Å². The number of ether oxygens (including phenoxy) is 4. The maximum absolute atomic E-state index is 6.78. The summed E-state index contributed by atoms with van der Waals surface area (Å²) in [4.78, 5) is 2.40. The van der Waals surface area contributed by atoms with Crippen LogP contribution in [-0.4, -0.2) is 49.8 Å². The van der Waals surface area contributed by atoms with Gasteiger partial charge in [-0.05, 0) is 108 Å². The number of nitrogens with zero attached hydrogens (tertiary/aromatic N) is 1. The van der Waals surface area contributed by atoms with Gasteiger partial charge in [0.2, 0.25) is 0 Å². The first-order valence-electron chi connectivity index (χ1n) is 22.5. The molecule has 13 heteroatoms. The molecular weight excluding hydrogens is 984 g/mol. The Kier molecular flexibility index (Phi) is 22.7. The number of rotatable bonds is 15. The molecule has 8 rings (SSSR count). The largest absolute Gasteiger partial charge is 0.369 e. The summed E-state index contributed by atoms with van der Waals surface area (Å²) in [6.45, 7) is 12.2. The van der Waals surface area contributed by atoms with E-state index in [2.05, 4.69) is 53.5 Å². The zero-order valence-corrected chi connectivity index (χ0v) is 44.3. The van der Waals surface area contributed by atoms with Crippen molar-refractivity contribution in [2.24, 2.45) is 0 Å². The molecule has 0 aromatic heterocycles. The van der Waals surface area contributed by atoms with Crippen molar-refractivity contribution in [2.75, 3.05) is 32.7 Å². The van der Waals surface area contributed by atoms with Gasteiger partial charge in [-0.25, -0.2) is 0 Å². The van der Waals surface area contributed by atoms with Crippen LogP contribution in [0.15, 0.2) is 146 Å². The Hall–Kier alpha value is -2.75. The quantitative estimate of drug-likeness (QED) is 0.103. The summed E-state index contributed by atoms with van der Waals surface area (Å²) in [5.41, 5.74) is 5.15. The van der Waals surface area contributed by atoms with E-state index in [-0.39, 0.29) is 22.1 Å². The van der Waals surface area contributed by atoms with Gasteiger partial charge in [-0.15, -0.1) is 0 Å². The molecule has 6 aromatic carbocycles. The second-order valence-electron chi connectivity index (χ2n) is 16.0. The van der Waals surface area contributed by atoms with Gasteiger partial charge in [0, 0.05) is 29.7 Å². The smallest absolute Gasteiger partial charge is 0.122 e. The lowest BCUT2D eigenvalue weighted by atomic mass is 9.81. The van der Waals surface area contributed by atoms with Gasteiger partial charge < -0.3 is 29.2 Å². The molecule has 6 aromatic rings. The normalized spacial score (nSPS) is 20.4. The predicted octanol–water partition coefficient (Wildman–Crippen LogP) is 15.1. The van der Waals surface area contributed by atoms with Gasteiger partial charge in [0.25, 0.3) is 0 Å². The van der Waals surface area contributed by atoms with Gasteiger partial charge in [0.15, 0.2) is 0 Å². The third-order valence-corrected chi connectivity index (χ3v) is 13.9. The average molecular weight is 1050 g/mol. The van der Waals surface area contributed by atoms with Crippen LogP contribution in [-0.2, 0) is 56.6 Å². The van der Waals surface area contributed by atoms with E-state index in [4.69, 9.17) is 88.6 Å². The predicted molar refractivity (Wildman–Crippen MR) is 285 cm³/mol. The molecule has 2 aliphatic heterocycles. The number of piperidine rings is 2. The first-order chi connectivity index (χ1) is 32.1. The van der Waals surface area contributed by atoms with E-state index < -0.39 is 11.2 Å². The van der Waals surface area contributed by atoms with Crippen LogP contribution < -0.4 is 5.32 Å². The first kappa shape index (κ1) is 55.2. The molecule has 358 valence electrons. The molecule has 2 heterocycles. The van der Waals surface area contributed by atoms with Gasteiger partial charge in [-0.2, -0.15) is 9.90 Å². The summed E-state index contributed by atoms with van der Waals surface area (Å²) < 4.78 is 26.5. The molecule has 2 saturated heterocycles. The number of likely N-dealkylation sites (N-methyl/N-ethyl adjacent to an activating group) is 1. The molecule has 1 N–H and O–H groups in total. The third kappa shape index (κ3) is 15.1. The molecule has 5 atom stereocenters. The van der Waals surface area contributed by atoms with Crippen LogP contribution in [0.1, 0.15) is 67.0 Å². The Morgan fingerprint density at radius 3 is 1.42 bits per heavy atom. The fourth-order valence-electron chi connectivity index (χ4n) is 8.31. The summed E-state index contributed by atoms with van der Waals surface area (Å²) in [5, 5.41) is 6.97. The van der Waals surface area contributed by atoms with Crippen molar-refractivity contribution in [3.8, 4) is 0 Å². The van der Waals surface area contributed by atoms with Gasteiger partial charge >= 0.3 is 0 Å². The standard InChI is InChI=1S/C27H28Cl3NO2.C25H24Cl3NO2.C2H6.H3P/c1-2-31-15-14-27(22-9-11-23(28)12-10-22,33-19-20-6-4-3-5-7-20)26(17-31)32-18-21-8-13-24(29)25(30)16-21;26-21-9-7-20(8-10-21)25(31-17-18-4-2-1-3-5-18)12-13-29-15-24(25)30-16-19-6-11-22(27)23(28)14-19;1-2;/h3-13,16,26H,2,14-15,17-19H2,1H3;1-11,14,24,29H,12-13,15-17H2;1-2H3;1H3/t26-,27-;24-,25-;;/m11../s1. The van der Waals surface area contributed by atoms with E-state index in [1.54, 1.807) is 12.1 Å². The Morgan fingerprint density at radius 2 is 0.970 bits per heavy atom. The van der Waals surface area contributed by atoms with Crippen LogP contribution in [0.25, 0.3) is 0 Å². The van der Waals surface area contributed by atoms with Crippen LogP contribution >= 0.6 is 79.5 Å². The summed E-state index contributed by atoms with van der Waals surface area (Å²) in [7, 11) is 0. The maximum Gasteiger partial charge on any atom is 0.122 e. The fourth-order valence-corrected chi connectivity index (χ4v) is 9.20. The molecular formula is C54H61Cl6N2O4P. The van der Waals surface area contributed by atoms with E-state index in [1.807, 2.05) is 111 Å². The monoisotopic (exact) mass is 1040 g/mol. The van der Waals surface area contributed by atoms with Crippen molar-refractivity contribution >= 4 is 79.5 Å². The van der Waals surface area contributed by atoms with E-state index >= 15 is 0 Å². The van der Waals surface area contributed by atoms with Crippen molar-refractivity contribution < 1.29 is 18.9 Å². The summed E-state index contributed by atoms with van der Waals surface area (Å²) in [6, 6.07) is 47.5. The zero-order chi connectivity index (χ0) is 46.9. The summed E-state index contributed by atoms with van der Waals surface area (Å²) >= 11 is 36.9. The Morgan fingerprint density at radius 1 is 0.522 bits per heavy atom. The van der Waals surface area contributed by atoms with Crippen LogP contribution in [0, 0.1) is 0 Å². The van der Waals surface area contributed by atoms with Crippen molar-refractivity contribution in [3.63, 3.8) is 0 Å². The maximum atomic E-state index is 6.78. The van der Waals surface area contributed by atoms with Gasteiger partial charge in [0.1, 0.15) is 23.4 Å². The molecule has 0 saturated carbocycles. The number of nitrogens with one attached hydrogen (secondary N) is 1. The molecule has 2 aliphatic rings.